The van der Waals surface area contributed by atoms with Crippen LogP contribution in [0, 0.1) is 10.1 Å². The zero-order valence-corrected chi connectivity index (χ0v) is 17.8. The van der Waals surface area contributed by atoms with Gasteiger partial charge in [-0.15, -0.1) is 0 Å². The Bertz CT molecular complexity index is 1170. The number of benzene rings is 1. The Morgan fingerprint density at radius 3 is 2.68 bits per heavy atom. The fourth-order valence-electron chi connectivity index (χ4n) is 3.54. The summed E-state index contributed by atoms with van der Waals surface area (Å²) in [5.41, 5.74) is 6.52. The third-order valence-electron chi connectivity index (χ3n) is 5.24. The summed E-state index contributed by atoms with van der Waals surface area (Å²) in [6.45, 7) is -0.247. The third kappa shape index (κ3) is 4.94. The number of primary amides is 1. The fourth-order valence-corrected chi connectivity index (χ4v) is 3.54. The van der Waals surface area contributed by atoms with E-state index in [9.17, 15) is 25.1 Å². The number of aromatic nitrogens is 4. The predicted molar refractivity (Wildman–Crippen MR) is 114 cm³/mol. The van der Waals surface area contributed by atoms with Crippen LogP contribution in [0.3, 0.4) is 0 Å². The Hall–Kier alpha value is -3.72. The Morgan fingerprint density at radius 1 is 1.21 bits per heavy atom. The monoisotopic (exact) mass is 474 g/mol. The molecule has 4 atom stereocenters. The van der Waals surface area contributed by atoms with Gasteiger partial charge in [-0.3, -0.25) is 19.5 Å². The number of carbonyl (C=O) groups excluding carboxylic acids is 1. The van der Waals surface area contributed by atoms with Crippen LogP contribution in [0.4, 0.5) is 5.69 Å². The van der Waals surface area contributed by atoms with E-state index in [0.717, 1.165) is 5.56 Å². The van der Waals surface area contributed by atoms with Crippen molar-refractivity contribution < 1.29 is 34.1 Å². The number of carbonyl (C=O) groups is 1. The van der Waals surface area contributed by atoms with Crippen molar-refractivity contribution in [2.45, 2.75) is 31.0 Å². The minimum absolute atomic E-state index is 0.0100. The van der Waals surface area contributed by atoms with Crippen molar-refractivity contribution in [3.63, 3.8) is 0 Å². The average molecular weight is 474 g/mol. The van der Waals surface area contributed by atoms with Gasteiger partial charge >= 0.3 is 0 Å². The highest BCUT2D eigenvalue weighted by atomic mass is 16.6. The summed E-state index contributed by atoms with van der Waals surface area (Å²) in [7, 11) is 0. The number of fused-ring (bicyclic) bond motifs is 1. The summed E-state index contributed by atoms with van der Waals surface area (Å²) in [6, 6.07) is 6.15. The molecule has 1 aromatic carbocycles. The average Bonchev–Trinajstić information content (AvgIpc) is 3.36. The first kappa shape index (κ1) is 23.4. The van der Waals surface area contributed by atoms with E-state index in [-0.39, 0.29) is 31.4 Å². The van der Waals surface area contributed by atoms with Crippen LogP contribution in [0.25, 0.3) is 11.2 Å². The molecular formula is C20H22N6O8. The molecule has 0 radical (unpaired) electrons. The number of aliphatic hydroxyl groups excluding tert-OH is 2. The number of nitrogens with two attached hydrogens (primary N) is 1. The lowest BCUT2D eigenvalue weighted by atomic mass is 10.1. The molecule has 0 bridgehead atoms. The van der Waals surface area contributed by atoms with E-state index in [4.69, 9.17) is 19.9 Å². The maximum Gasteiger partial charge on any atom is 0.269 e. The zero-order chi connectivity index (χ0) is 24.2. The number of rotatable bonds is 10. The standard InChI is InChI=1S/C20H22N6O8/c21-14(27)8-32-7-13-16(28)17(29)20(34-13)25-10-24-15-18(25)22-9-23-19(15)33-6-5-11-1-3-12(4-2-11)26(30)31/h1-4,9-10,13,16-17,20,28-29H,5-8H2,(H2,21,27)/t13-,16-,17-,20-/m1/s1. The lowest BCUT2D eigenvalue weighted by Crippen LogP contribution is -2.34. The summed E-state index contributed by atoms with van der Waals surface area (Å²) in [4.78, 5) is 33.7. The lowest BCUT2D eigenvalue weighted by Gasteiger charge is -2.16. The number of aliphatic hydroxyl groups is 2. The largest absolute Gasteiger partial charge is 0.476 e. The van der Waals surface area contributed by atoms with Gasteiger partial charge in [0.15, 0.2) is 17.4 Å². The minimum Gasteiger partial charge on any atom is -0.476 e. The first-order chi connectivity index (χ1) is 16.3. The molecular weight excluding hydrogens is 452 g/mol. The molecule has 0 aliphatic carbocycles. The highest BCUT2D eigenvalue weighted by Crippen LogP contribution is 2.32. The summed E-state index contributed by atoms with van der Waals surface area (Å²) in [5.74, 6) is -0.456. The van der Waals surface area contributed by atoms with Gasteiger partial charge < -0.3 is 30.2 Å². The first-order valence-electron chi connectivity index (χ1n) is 10.3. The Labute approximate surface area is 192 Å². The fraction of sp³-hybridized carbons (Fsp3) is 0.400. The molecule has 0 saturated carbocycles. The molecule has 1 amide bonds. The molecule has 180 valence electrons. The molecule has 4 N–H and O–H groups in total. The van der Waals surface area contributed by atoms with E-state index in [1.54, 1.807) is 12.1 Å². The second kappa shape index (κ2) is 10.0. The van der Waals surface area contributed by atoms with Crippen LogP contribution in [-0.2, 0) is 20.7 Å². The maximum absolute atomic E-state index is 10.8. The Balaban J connectivity index is 1.43. The molecule has 1 aliphatic rings. The summed E-state index contributed by atoms with van der Waals surface area (Å²) >= 11 is 0. The van der Waals surface area contributed by atoms with Crippen LogP contribution in [0.15, 0.2) is 36.9 Å². The molecule has 1 fully saturated rings. The van der Waals surface area contributed by atoms with Crippen LogP contribution >= 0.6 is 0 Å². The number of nitro groups is 1. The molecule has 4 rings (SSSR count). The number of imidazole rings is 1. The number of hydrogen-bond donors (Lipinski definition) is 3. The quantitative estimate of drug-likeness (QED) is 0.252. The second-order valence-corrected chi connectivity index (χ2v) is 7.55. The summed E-state index contributed by atoms with van der Waals surface area (Å²) in [5, 5.41) is 31.5. The molecule has 14 nitrogen and oxygen atoms in total. The Morgan fingerprint density at radius 2 is 1.97 bits per heavy atom. The van der Waals surface area contributed by atoms with Crippen molar-refractivity contribution in [3.8, 4) is 5.88 Å². The smallest absolute Gasteiger partial charge is 0.269 e. The van der Waals surface area contributed by atoms with Crippen LogP contribution in [0.2, 0.25) is 0 Å². The summed E-state index contributed by atoms with van der Waals surface area (Å²) in [6.07, 6.45) is -1.34. The number of nitrogens with zero attached hydrogens (tertiary/aromatic N) is 5. The van der Waals surface area contributed by atoms with E-state index in [2.05, 4.69) is 15.0 Å². The molecule has 3 aromatic rings. The van der Waals surface area contributed by atoms with Crippen molar-refractivity contribution in [1.82, 2.24) is 19.5 Å². The molecule has 1 aliphatic heterocycles. The van der Waals surface area contributed by atoms with Crippen molar-refractivity contribution in [2.75, 3.05) is 19.8 Å². The number of amides is 1. The molecule has 0 unspecified atom stereocenters. The van der Waals surface area contributed by atoms with E-state index in [1.807, 2.05) is 0 Å². The van der Waals surface area contributed by atoms with E-state index >= 15 is 0 Å². The number of hydrogen-bond acceptors (Lipinski definition) is 11. The predicted octanol–water partition coefficient (Wildman–Crippen LogP) is -0.523. The van der Waals surface area contributed by atoms with E-state index < -0.39 is 35.4 Å². The van der Waals surface area contributed by atoms with Gasteiger partial charge in [0.2, 0.25) is 11.8 Å². The minimum atomic E-state index is -1.30. The van der Waals surface area contributed by atoms with Gasteiger partial charge in [0.25, 0.3) is 5.69 Å². The van der Waals surface area contributed by atoms with Crippen molar-refractivity contribution in [2.24, 2.45) is 5.73 Å². The molecule has 14 heteroatoms. The van der Waals surface area contributed by atoms with Crippen molar-refractivity contribution >= 4 is 22.8 Å². The van der Waals surface area contributed by atoms with Crippen molar-refractivity contribution in [3.05, 3.63) is 52.6 Å². The number of nitro benzene ring substituents is 1. The van der Waals surface area contributed by atoms with Gasteiger partial charge in [0, 0.05) is 18.6 Å². The molecule has 3 heterocycles. The summed E-state index contributed by atoms with van der Waals surface area (Å²) < 4.78 is 18.0. The van der Waals surface area contributed by atoms with Gasteiger partial charge in [-0.1, -0.05) is 12.1 Å². The Kier molecular flexibility index (Phi) is 6.93. The topological polar surface area (TPSA) is 198 Å². The third-order valence-corrected chi connectivity index (χ3v) is 5.24. The van der Waals surface area contributed by atoms with E-state index in [0.29, 0.717) is 17.6 Å². The SMILES string of the molecule is NC(=O)COC[C@H]1O[C@@H](n2cnc3c(OCCc4ccc([N+](=O)[O-])cc4)ncnc32)[C@H](O)[C@@H]1O. The van der Waals surface area contributed by atoms with Gasteiger partial charge in [-0.05, 0) is 5.56 Å². The van der Waals surface area contributed by atoms with Crippen LogP contribution in [-0.4, -0.2) is 78.7 Å². The normalized spacial score (nSPS) is 22.2. The first-order valence-corrected chi connectivity index (χ1v) is 10.3. The molecule has 34 heavy (non-hydrogen) atoms. The maximum atomic E-state index is 10.8. The van der Waals surface area contributed by atoms with Crippen LogP contribution < -0.4 is 10.5 Å². The van der Waals surface area contributed by atoms with Gasteiger partial charge in [0.1, 0.15) is 31.2 Å². The van der Waals surface area contributed by atoms with Crippen molar-refractivity contribution in [1.29, 1.82) is 0 Å². The second-order valence-electron chi connectivity index (χ2n) is 7.55. The molecule has 1 saturated heterocycles. The highest BCUT2D eigenvalue weighted by molar-refractivity contribution is 5.76. The zero-order valence-electron chi connectivity index (χ0n) is 17.8. The number of non-ortho nitro benzene ring substituents is 1. The molecule has 2 aromatic heterocycles. The van der Waals surface area contributed by atoms with Gasteiger partial charge in [-0.25, -0.2) is 9.97 Å². The van der Waals surface area contributed by atoms with Crippen LogP contribution in [0.1, 0.15) is 11.8 Å². The van der Waals surface area contributed by atoms with Crippen LogP contribution in [0.5, 0.6) is 5.88 Å². The number of ether oxygens (including phenoxy) is 3. The highest BCUT2D eigenvalue weighted by Gasteiger charge is 2.44. The molecule has 0 spiro atoms. The van der Waals surface area contributed by atoms with Gasteiger partial charge in [-0.2, -0.15) is 4.98 Å². The lowest BCUT2D eigenvalue weighted by molar-refractivity contribution is -0.384. The van der Waals surface area contributed by atoms with E-state index in [1.165, 1.54) is 29.4 Å². The van der Waals surface area contributed by atoms with Gasteiger partial charge in [0.05, 0.1) is 24.5 Å².